The van der Waals surface area contributed by atoms with E-state index in [0.29, 0.717) is 0 Å². The molecule has 1 unspecified atom stereocenters. The van der Waals surface area contributed by atoms with Crippen LogP contribution in [0.3, 0.4) is 0 Å². The fourth-order valence-corrected chi connectivity index (χ4v) is 3.42. The van der Waals surface area contributed by atoms with Gasteiger partial charge in [-0.05, 0) is 19.8 Å². The van der Waals surface area contributed by atoms with Gasteiger partial charge < -0.3 is 5.11 Å². The molecule has 1 atom stereocenters. The van der Waals surface area contributed by atoms with Crippen LogP contribution in [0.15, 0.2) is 0 Å². The van der Waals surface area contributed by atoms with Crippen LogP contribution >= 0.6 is 0 Å². The second kappa shape index (κ2) is 5.27. The smallest absolute Gasteiger partial charge is 0.211 e. The summed E-state index contributed by atoms with van der Waals surface area (Å²) in [6.45, 7) is 1.85. The molecule has 4 nitrogen and oxygen atoms in total. The highest BCUT2D eigenvalue weighted by Gasteiger charge is 2.28. The van der Waals surface area contributed by atoms with E-state index in [1.165, 1.54) is 17.0 Å². The molecule has 1 aliphatic carbocycles. The molecule has 0 heterocycles. The molecule has 1 rings (SSSR count). The summed E-state index contributed by atoms with van der Waals surface area (Å²) in [5.74, 6) is 0. The number of aliphatic hydroxyl groups excluding tert-OH is 1. The van der Waals surface area contributed by atoms with Crippen molar-refractivity contribution < 1.29 is 13.5 Å². The monoisotopic (exact) mass is 235 g/mol. The maximum atomic E-state index is 11.6. The SMILES string of the molecule is CC(O)CN(C1CCCCC1)S(C)(=O)=O. The van der Waals surface area contributed by atoms with Gasteiger partial charge in [-0.3, -0.25) is 0 Å². The van der Waals surface area contributed by atoms with Gasteiger partial charge in [-0.15, -0.1) is 0 Å². The Hall–Kier alpha value is -0.130. The van der Waals surface area contributed by atoms with Crippen LogP contribution in [0.2, 0.25) is 0 Å². The Morgan fingerprint density at radius 3 is 2.27 bits per heavy atom. The van der Waals surface area contributed by atoms with Crippen LogP contribution in [0.1, 0.15) is 39.0 Å². The molecule has 0 amide bonds. The van der Waals surface area contributed by atoms with Gasteiger partial charge in [-0.2, -0.15) is 4.31 Å². The van der Waals surface area contributed by atoms with E-state index in [1.54, 1.807) is 6.92 Å². The topological polar surface area (TPSA) is 57.6 Å². The first kappa shape index (κ1) is 12.9. The van der Waals surface area contributed by atoms with Crippen LogP contribution in [-0.4, -0.2) is 42.8 Å². The van der Waals surface area contributed by atoms with Crippen LogP contribution in [0, 0.1) is 0 Å². The van der Waals surface area contributed by atoms with E-state index in [4.69, 9.17) is 0 Å². The highest BCUT2D eigenvalue weighted by Crippen LogP contribution is 2.24. The first-order chi connectivity index (χ1) is 6.91. The molecule has 0 saturated heterocycles. The highest BCUT2D eigenvalue weighted by molar-refractivity contribution is 7.88. The number of hydrogen-bond acceptors (Lipinski definition) is 3. The van der Waals surface area contributed by atoms with Crippen LogP contribution in [0.4, 0.5) is 0 Å². The summed E-state index contributed by atoms with van der Waals surface area (Å²) in [5.41, 5.74) is 0. The van der Waals surface area contributed by atoms with Crippen molar-refractivity contribution in [3.63, 3.8) is 0 Å². The lowest BCUT2D eigenvalue weighted by atomic mass is 9.95. The summed E-state index contributed by atoms with van der Waals surface area (Å²) in [5, 5.41) is 9.31. The van der Waals surface area contributed by atoms with Gasteiger partial charge >= 0.3 is 0 Å². The standard InChI is InChI=1S/C10H21NO3S/c1-9(12)8-11(15(2,13)14)10-6-4-3-5-7-10/h9-10,12H,3-8H2,1-2H3. The predicted octanol–water partition coefficient (Wildman–Crippen LogP) is 0.962. The minimum absolute atomic E-state index is 0.100. The minimum Gasteiger partial charge on any atom is -0.392 e. The zero-order chi connectivity index (χ0) is 11.5. The molecule has 0 bridgehead atoms. The summed E-state index contributed by atoms with van der Waals surface area (Å²) < 4.78 is 24.6. The maximum Gasteiger partial charge on any atom is 0.211 e. The third-order valence-electron chi connectivity index (χ3n) is 2.85. The largest absolute Gasteiger partial charge is 0.392 e. The predicted molar refractivity (Wildman–Crippen MR) is 60.1 cm³/mol. The fourth-order valence-electron chi connectivity index (χ4n) is 2.18. The van der Waals surface area contributed by atoms with Gasteiger partial charge in [0, 0.05) is 12.6 Å². The van der Waals surface area contributed by atoms with Crippen molar-refractivity contribution in [1.29, 1.82) is 0 Å². The Bertz CT molecular complexity index is 281. The van der Waals surface area contributed by atoms with Gasteiger partial charge in [-0.1, -0.05) is 19.3 Å². The molecule has 1 fully saturated rings. The molecule has 5 heteroatoms. The van der Waals surface area contributed by atoms with E-state index in [9.17, 15) is 13.5 Å². The lowest BCUT2D eigenvalue weighted by Crippen LogP contribution is -2.44. The van der Waals surface area contributed by atoms with Crippen molar-refractivity contribution in [1.82, 2.24) is 4.31 Å². The molecule has 0 aromatic heterocycles. The molecule has 1 saturated carbocycles. The summed E-state index contributed by atoms with van der Waals surface area (Å²) in [6.07, 6.45) is 5.88. The number of hydrogen-bond donors (Lipinski definition) is 1. The number of sulfonamides is 1. The third-order valence-corrected chi connectivity index (χ3v) is 4.15. The fraction of sp³-hybridized carbons (Fsp3) is 1.00. The van der Waals surface area contributed by atoms with Gasteiger partial charge in [0.1, 0.15) is 0 Å². The van der Waals surface area contributed by atoms with Gasteiger partial charge in [0.15, 0.2) is 0 Å². The number of nitrogens with zero attached hydrogens (tertiary/aromatic N) is 1. The average Bonchev–Trinajstić information content (AvgIpc) is 2.14. The molecule has 0 aromatic carbocycles. The van der Waals surface area contributed by atoms with Crippen molar-refractivity contribution in [2.45, 2.75) is 51.2 Å². The molecule has 0 aliphatic heterocycles. The molecule has 0 radical (unpaired) electrons. The zero-order valence-corrected chi connectivity index (χ0v) is 10.3. The van der Waals surface area contributed by atoms with E-state index >= 15 is 0 Å². The average molecular weight is 235 g/mol. The Kier molecular flexibility index (Phi) is 4.55. The molecule has 0 spiro atoms. The molecule has 90 valence electrons. The van der Waals surface area contributed by atoms with E-state index in [-0.39, 0.29) is 12.6 Å². The van der Waals surface area contributed by atoms with Crippen molar-refractivity contribution in [2.24, 2.45) is 0 Å². The quantitative estimate of drug-likeness (QED) is 0.789. The van der Waals surface area contributed by atoms with Crippen molar-refractivity contribution in [2.75, 3.05) is 12.8 Å². The third kappa shape index (κ3) is 4.09. The molecular formula is C10H21NO3S. The maximum absolute atomic E-state index is 11.6. The highest BCUT2D eigenvalue weighted by atomic mass is 32.2. The lowest BCUT2D eigenvalue weighted by Gasteiger charge is -2.33. The van der Waals surface area contributed by atoms with Crippen molar-refractivity contribution in [3.8, 4) is 0 Å². The first-order valence-electron chi connectivity index (χ1n) is 5.56. The van der Waals surface area contributed by atoms with Crippen LogP contribution in [0.25, 0.3) is 0 Å². The van der Waals surface area contributed by atoms with Gasteiger partial charge in [-0.25, -0.2) is 8.42 Å². The van der Waals surface area contributed by atoms with Gasteiger partial charge in [0.05, 0.1) is 12.4 Å². The molecule has 1 aliphatic rings. The Labute approximate surface area is 92.3 Å². The van der Waals surface area contributed by atoms with Crippen LogP contribution in [-0.2, 0) is 10.0 Å². The van der Waals surface area contributed by atoms with Crippen molar-refractivity contribution >= 4 is 10.0 Å². The van der Waals surface area contributed by atoms with E-state index < -0.39 is 16.1 Å². The first-order valence-corrected chi connectivity index (χ1v) is 7.41. The van der Waals surface area contributed by atoms with E-state index in [2.05, 4.69) is 0 Å². The molecular weight excluding hydrogens is 214 g/mol. The van der Waals surface area contributed by atoms with Crippen molar-refractivity contribution in [3.05, 3.63) is 0 Å². The molecule has 1 N–H and O–H groups in total. The summed E-state index contributed by atoms with van der Waals surface area (Å²) in [4.78, 5) is 0. The second-order valence-electron chi connectivity index (χ2n) is 4.47. The lowest BCUT2D eigenvalue weighted by molar-refractivity contribution is 0.136. The summed E-state index contributed by atoms with van der Waals surface area (Å²) in [6, 6.07) is 0.100. The Morgan fingerprint density at radius 2 is 1.87 bits per heavy atom. The van der Waals surface area contributed by atoms with Crippen LogP contribution < -0.4 is 0 Å². The van der Waals surface area contributed by atoms with E-state index in [0.717, 1.165) is 25.7 Å². The normalized spacial score (nSPS) is 21.9. The van der Waals surface area contributed by atoms with E-state index in [1.807, 2.05) is 0 Å². The number of rotatable bonds is 4. The Morgan fingerprint density at radius 1 is 1.33 bits per heavy atom. The second-order valence-corrected chi connectivity index (χ2v) is 6.41. The molecule has 0 aromatic rings. The van der Waals surface area contributed by atoms with Gasteiger partial charge in [0.25, 0.3) is 0 Å². The molecule has 15 heavy (non-hydrogen) atoms. The van der Waals surface area contributed by atoms with Gasteiger partial charge in [0.2, 0.25) is 10.0 Å². The summed E-state index contributed by atoms with van der Waals surface area (Å²) in [7, 11) is -3.19. The minimum atomic E-state index is -3.19. The Balaban J connectivity index is 2.70. The van der Waals surface area contributed by atoms with Crippen LogP contribution in [0.5, 0.6) is 0 Å². The number of aliphatic hydroxyl groups is 1. The summed E-state index contributed by atoms with van der Waals surface area (Å²) >= 11 is 0. The zero-order valence-electron chi connectivity index (χ0n) is 9.52.